The normalized spacial score (nSPS) is 11.2. The Morgan fingerprint density at radius 1 is 0.750 bits per heavy atom. The number of rotatable bonds is 10. The molecule has 0 radical (unpaired) electrons. The van der Waals surface area contributed by atoms with Crippen LogP contribution < -0.4 is 18.9 Å². The largest absolute Gasteiger partial charge is 0.493 e. The standard InChI is InChI=1S/C35H27FN2O5S/c1-41-34-21-29-32(22-35(34)42-23-24-9-4-2-5-10-24)37-18-17-33(29)43-27-15-16-31(30(36)20-27)38-44(39,40)28-14-8-13-26(19-28)25-11-6-3-7-12-25/h2-22,38H,23H2,1H3. The summed E-state index contributed by atoms with van der Waals surface area (Å²) in [5.41, 5.74) is 2.99. The van der Waals surface area contributed by atoms with Crippen molar-refractivity contribution in [3.05, 3.63) is 139 Å². The van der Waals surface area contributed by atoms with Crippen LogP contribution >= 0.6 is 0 Å². The van der Waals surface area contributed by atoms with E-state index in [1.807, 2.05) is 66.7 Å². The van der Waals surface area contributed by atoms with Crippen LogP contribution in [0.4, 0.5) is 10.1 Å². The van der Waals surface area contributed by atoms with Gasteiger partial charge in [-0.15, -0.1) is 0 Å². The summed E-state index contributed by atoms with van der Waals surface area (Å²) in [4.78, 5) is 4.45. The van der Waals surface area contributed by atoms with E-state index in [0.29, 0.717) is 34.8 Å². The topological polar surface area (TPSA) is 86.8 Å². The molecule has 220 valence electrons. The van der Waals surface area contributed by atoms with Gasteiger partial charge in [-0.1, -0.05) is 72.8 Å². The molecule has 0 atom stereocenters. The first-order chi connectivity index (χ1) is 21.4. The Balaban J connectivity index is 1.21. The fraction of sp³-hybridized carbons (Fsp3) is 0.0571. The zero-order chi connectivity index (χ0) is 30.5. The summed E-state index contributed by atoms with van der Waals surface area (Å²) in [6.45, 7) is 0.354. The summed E-state index contributed by atoms with van der Waals surface area (Å²) in [5.74, 6) is 0.794. The summed E-state index contributed by atoms with van der Waals surface area (Å²) in [5, 5.41) is 0.625. The summed E-state index contributed by atoms with van der Waals surface area (Å²) in [6, 6.07) is 34.7. The lowest BCUT2D eigenvalue weighted by Gasteiger charge is -2.15. The second kappa shape index (κ2) is 12.4. The fourth-order valence-electron chi connectivity index (χ4n) is 4.67. The number of pyridine rings is 1. The minimum atomic E-state index is -4.07. The average Bonchev–Trinajstić information content (AvgIpc) is 3.05. The number of methoxy groups -OCH3 is 1. The van der Waals surface area contributed by atoms with Gasteiger partial charge in [0, 0.05) is 23.7 Å². The molecule has 5 aromatic carbocycles. The van der Waals surface area contributed by atoms with Gasteiger partial charge in [0.1, 0.15) is 18.1 Å². The van der Waals surface area contributed by atoms with Gasteiger partial charge < -0.3 is 14.2 Å². The maximum Gasteiger partial charge on any atom is 0.262 e. The number of benzene rings is 5. The predicted octanol–water partition coefficient (Wildman–Crippen LogP) is 8.22. The lowest BCUT2D eigenvalue weighted by Crippen LogP contribution is -2.14. The number of hydrogen-bond donors (Lipinski definition) is 1. The second-order valence-corrected chi connectivity index (χ2v) is 11.5. The van der Waals surface area contributed by atoms with Gasteiger partial charge in [0.25, 0.3) is 10.0 Å². The first kappa shape index (κ1) is 28.7. The molecule has 1 heterocycles. The molecule has 0 saturated carbocycles. The number of nitrogens with zero attached hydrogens (tertiary/aromatic N) is 1. The average molecular weight is 607 g/mol. The van der Waals surface area contributed by atoms with Gasteiger partial charge in [-0.05, 0) is 53.1 Å². The Morgan fingerprint density at radius 3 is 2.25 bits per heavy atom. The molecule has 9 heteroatoms. The third-order valence-electron chi connectivity index (χ3n) is 6.89. The first-order valence-electron chi connectivity index (χ1n) is 13.7. The van der Waals surface area contributed by atoms with Gasteiger partial charge in [-0.3, -0.25) is 9.71 Å². The van der Waals surface area contributed by atoms with Gasteiger partial charge in [0.05, 0.1) is 23.2 Å². The molecule has 44 heavy (non-hydrogen) atoms. The smallest absolute Gasteiger partial charge is 0.262 e. The molecule has 0 saturated heterocycles. The number of nitrogens with one attached hydrogen (secondary N) is 1. The van der Waals surface area contributed by atoms with Crippen molar-refractivity contribution in [1.82, 2.24) is 4.98 Å². The molecular weight excluding hydrogens is 579 g/mol. The highest BCUT2D eigenvalue weighted by molar-refractivity contribution is 7.92. The highest BCUT2D eigenvalue weighted by atomic mass is 32.2. The van der Waals surface area contributed by atoms with E-state index >= 15 is 4.39 Å². The molecular formula is C35H27FN2O5S. The maximum absolute atomic E-state index is 15.2. The van der Waals surface area contributed by atoms with Crippen molar-refractivity contribution in [3.8, 4) is 34.1 Å². The molecule has 7 nitrogen and oxygen atoms in total. The van der Waals surface area contributed by atoms with Crippen molar-refractivity contribution in [2.24, 2.45) is 0 Å². The van der Waals surface area contributed by atoms with Crippen LogP contribution in [0.15, 0.2) is 132 Å². The Hall–Kier alpha value is -5.41. The lowest BCUT2D eigenvalue weighted by atomic mass is 10.1. The van der Waals surface area contributed by atoms with Crippen LogP contribution in [0.2, 0.25) is 0 Å². The molecule has 1 aromatic heterocycles. The van der Waals surface area contributed by atoms with Crippen LogP contribution in [0.1, 0.15) is 5.56 Å². The quantitative estimate of drug-likeness (QED) is 0.169. The minimum absolute atomic E-state index is 0.0166. The van der Waals surface area contributed by atoms with Crippen LogP contribution in [0.3, 0.4) is 0 Å². The summed E-state index contributed by atoms with van der Waals surface area (Å²) in [7, 11) is -2.52. The van der Waals surface area contributed by atoms with E-state index < -0.39 is 15.8 Å². The number of ether oxygens (including phenoxy) is 3. The summed E-state index contributed by atoms with van der Waals surface area (Å²) < 4.78 is 61.4. The Bertz CT molecular complexity index is 2040. The van der Waals surface area contributed by atoms with Crippen molar-refractivity contribution in [1.29, 1.82) is 0 Å². The lowest BCUT2D eigenvalue weighted by molar-refractivity contribution is 0.285. The van der Waals surface area contributed by atoms with Gasteiger partial charge >= 0.3 is 0 Å². The predicted molar refractivity (Wildman–Crippen MR) is 168 cm³/mol. The number of halogens is 1. The molecule has 0 bridgehead atoms. The molecule has 0 unspecified atom stereocenters. The number of aromatic nitrogens is 1. The van der Waals surface area contributed by atoms with Crippen molar-refractivity contribution in [2.45, 2.75) is 11.5 Å². The van der Waals surface area contributed by atoms with E-state index in [0.717, 1.165) is 22.8 Å². The van der Waals surface area contributed by atoms with E-state index in [1.54, 1.807) is 43.6 Å². The molecule has 6 aromatic rings. The summed E-state index contributed by atoms with van der Waals surface area (Å²) >= 11 is 0. The number of sulfonamides is 1. The maximum atomic E-state index is 15.2. The van der Waals surface area contributed by atoms with E-state index in [2.05, 4.69) is 9.71 Å². The fourth-order valence-corrected chi connectivity index (χ4v) is 5.78. The van der Waals surface area contributed by atoms with Gasteiger partial charge in [-0.25, -0.2) is 12.8 Å². The Kier molecular flexibility index (Phi) is 8.12. The minimum Gasteiger partial charge on any atom is -0.493 e. The molecule has 0 fully saturated rings. The molecule has 1 N–H and O–H groups in total. The van der Waals surface area contributed by atoms with E-state index in [1.165, 1.54) is 18.2 Å². The van der Waals surface area contributed by atoms with Crippen molar-refractivity contribution in [3.63, 3.8) is 0 Å². The SMILES string of the molecule is COc1cc2c(Oc3ccc(NS(=O)(=O)c4cccc(-c5ccccc5)c4)c(F)c3)ccnc2cc1OCc1ccccc1. The number of anilines is 1. The van der Waals surface area contributed by atoms with Crippen LogP contribution in [0, 0.1) is 5.82 Å². The van der Waals surface area contributed by atoms with Crippen LogP contribution in [0.25, 0.3) is 22.0 Å². The van der Waals surface area contributed by atoms with Crippen LogP contribution in [0.5, 0.6) is 23.0 Å². The van der Waals surface area contributed by atoms with Gasteiger partial charge in [0.15, 0.2) is 17.3 Å². The highest BCUT2D eigenvalue weighted by Crippen LogP contribution is 2.38. The van der Waals surface area contributed by atoms with Gasteiger partial charge in [-0.2, -0.15) is 0 Å². The van der Waals surface area contributed by atoms with E-state index in [-0.39, 0.29) is 16.3 Å². The van der Waals surface area contributed by atoms with Crippen molar-refractivity contribution < 1.29 is 27.0 Å². The third-order valence-corrected chi connectivity index (χ3v) is 8.25. The van der Waals surface area contributed by atoms with Crippen LogP contribution in [-0.2, 0) is 16.6 Å². The zero-order valence-corrected chi connectivity index (χ0v) is 24.4. The van der Waals surface area contributed by atoms with Crippen molar-refractivity contribution in [2.75, 3.05) is 11.8 Å². The zero-order valence-electron chi connectivity index (χ0n) is 23.6. The Morgan fingerprint density at radius 2 is 1.50 bits per heavy atom. The van der Waals surface area contributed by atoms with Crippen LogP contribution in [-0.4, -0.2) is 20.5 Å². The summed E-state index contributed by atoms with van der Waals surface area (Å²) in [6.07, 6.45) is 1.58. The molecule has 0 aliphatic rings. The monoisotopic (exact) mass is 606 g/mol. The molecule has 0 amide bonds. The molecule has 0 spiro atoms. The molecule has 0 aliphatic carbocycles. The third kappa shape index (κ3) is 6.33. The highest BCUT2D eigenvalue weighted by Gasteiger charge is 2.18. The Labute approximate surface area is 254 Å². The van der Waals surface area contributed by atoms with Gasteiger partial charge in [0.2, 0.25) is 0 Å². The van der Waals surface area contributed by atoms with E-state index in [9.17, 15) is 8.42 Å². The molecule has 6 rings (SSSR count). The molecule has 0 aliphatic heterocycles. The second-order valence-electron chi connectivity index (χ2n) is 9.85. The van der Waals surface area contributed by atoms with E-state index in [4.69, 9.17) is 14.2 Å². The first-order valence-corrected chi connectivity index (χ1v) is 15.2. The number of fused-ring (bicyclic) bond motifs is 1. The van der Waals surface area contributed by atoms with Crippen molar-refractivity contribution >= 4 is 26.6 Å². The number of hydrogen-bond acceptors (Lipinski definition) is 6.